The molecule has 0 aliphatic carbocycles. The van der Waals surface area contributed by atoms with Crippen LogP contribution in [0.5, 0.6) is 0 Å². The molecule has 3 aromatic carbocycles. The number of aromatic nitrogens is 4. The van der Waals surface area contributed by atoms with E-state index in [0.29, 0.717) is 11.8 Å². The third kappa shape index (κ3) is 4.19. The van der Waals surface area contributed by atoms with E-state index in [1.54, 1.807) is 0 Å². The molecule has 169 valence electrons. The Hall–Kier alpha value is -3.01. The average Bonchev–Trinajstić information content (AvgIpc) is 3.45. The number of rotatable bonds is 5. The Morgan fingerprint density at radius 2 is 1.52 bits per heavy atom. The molecule has 0 amide bonds. The van der Waals surface area contributed by atoms with E-state index in [1.807, 2.05) is 36.8 Å². The Balaban J connectivity index is 0.00000259. The fourth-order valence-electron chi connectivity index (χ4n) is 4.35. The fourth-order valence-corrected chi connectivity index (χ4v) is 4.35. The molecular weight excluding hydrogens is 585 g/mol. The maximum Gasteiger partial charge on any atom is 0.0881 e. The molecule has 0 saturated heterocycles. The van der Waals surface area contributed by atoms with Crippen LogP contribution >= 0.6 is 0 Å². The molecule has 0 atom stereocenters. The van der Waals surface area contributed by atoms with Crippen molar-refractivity contribution in [3.63, 3.8) is 0 Å². The second kappa shape index (κ2) is 9.46. The standard InChI is InChI=1S/C28H27N4.Ir/c1-19(2)23-11-8-12-24(20(3)4)27(23)31-16-15-29-28(31)21-13-14-25-26(17-21)32(18-30-25)22-9-6-5-7-10-22;/h5-12,14-20H,1-4H3;/q-1;. The first kappa shape index (κ1) is 23.2. The molecule has 5 heteroatoms. The van der Waals surface area contributed by atoms with E-state index in [-0.39, 0.29) is 20.1 Å². The maximum absolute atomic E-state index is 4.76. The fraction of sp³-hybridized carbons (Fsp3) is 0.214. The summed E-state index contributed by atoms with van der Waals surface area (Å²) < 4.78 is 4.34. The van der Waals surface area contributed by atoms with Gasteiger partial charge >= 0.3 is 0 Å². The van der Waals surface area contributed by atoms with E-state index < -0.39 is 0 Å². The molecule has 0 spiro atoms. The number of benzene rings is 3. The van der Waals surface area contributed by atoms with Crippen molar-refractivity contribution in [3.8, 4) is 22.8 Å². The van der Waals surface area contributed by atoms with Crippen LogP contribution in [0.25, 0.3) is 33.8 Å². The number of imidazole rings is 2. The van der Waals surface area contributed by atoms with Crippen molar-refractivity contribution in [1.82, 2.24) is 19.1 Å². The molecule has 1 radical (unpaired) electrons. The van der Waals surface area contributed by atoms with Crippen LogP contribution in [0.15, 0.2) is 79.4 Å². The molecule has 0 aliphatic rings. The van der Waals surface area contributed by atoms with Gasteiger partial charge in [0.05, 0.1) is 12.2 Å². The summed E-state index contributed by atoms with van der Waals surface area (Å²) in [6.07, 6.45) is 5.81. The number of hydrogen-bond donors (Lipinski definition) is 0. The number of hydrogen-bond acceptors (Lipinski definition) is 2. The van der Waals surface area contributed by atoms with Crippen molar-refractivity contribution in [2.75, 3.05) is 0 Å². The van der Waals surface area contributed by atoms with Crippen LogP contribution < -0.4 is 0 Å². The zero-order valence-electron chi connectivity index (χ0n) is 19.3. The van der Waals surface area contributed by atoms with Gasteiger partial charge in [-0.05, 0) is 40.6 Å². The van der Waals surface area contributed by atoms with Crippen LogP contribution in [0.2, 0.25) is 0 Å². The van der Waals surface area contributed by atoms with Crippen LogP contribution in [0.1, 0.15) is 50.7 Å². The Kier molecular flexibility index (Phi) is 6.64. The van der Waals surface area contributed by atoms with Crippen molar-refractivity contribution in [3.05, 3.63) is 96.6 Å². The molecule has 5 rings (SSSR count). The van der Waals surface area contributed by atoms with Crippen LogP contribution in [0.4, 0.5) is 0 Å². The molecule has 2 aromatic heterocycles. The van der Waals surface area contributed by atoms with Crippen molar-refractivity contribution in [1.29, 1.82) is 0 Å². The largest absolute Gasteiger partial charge is 0.340 e. The van der Waals surface area contributed by atoms with Gasteiger partial charge in [0.25, 0.3) is 0 Å². The van der Waals surface area contributed by atoms with Crippen molar-refractivity contribution in [2.45, 2.75) is 39.5 Å². The molecule has 0 N–H and O–H groups in total. The zero-order chi connectivity index (χ0) is 22.2. The number of para-hydroxylation sites is 2. The molecule has 5 aromatic rings. The summed E-state index contributed by atoms with van der Waals surface area (Å²) in [5.41, 5.74) is 7.88. The Labute approximate surface area is 208 Å². The minimum absolute atomic E-state index is 0. The Bertz CT molecular complexity index is 1350. The van der Waals surface area contributed by atoms with Gasteiger partial charge in [-0.1, -0.05) is 64.1 Å². The zero-order valence-corrected chi connectivity index (χ0v) is 21.7. The predicted molar refractivity (Wildman–Crippen MR) is 131 cm³/mol. The van der Waals surface area contributed by atoms with Gasteiger partial charge in [-0.15, -0.1) is 23.8 Å². The van der Waals surface area contributed by atoms with E-state index in [0.717, 1.165) is 28.1 Å². The van der Waals surface area contributed by atoms with Gasteiger partial charge in [-0.25, -0.2) is 0 Å². The molecule has 0 aliphatic heterocycles. The van der Waals surface area contributed by atoms with Gasteiger partial charge in [-0.3, -0.25) is 9.97 Å². The molecule has 0 saturated carbocycles. The topological polar surface area (TPSA) is 35.6 Å². The number of fused-ring (bicyclic) bond motifs is 1. The minimum atomic E-state index is 0. The summed E-state index contributed by atoms with van der Waals surface area (Å²) in [7, 11) is 0. The van der Waals surface area contributed by atoms with Gasteiger partial charge in [0.2, 0.25) is 0 Å². The summed E-state index contributed by atoms with van der Waals surface area (Å²) in [5.74, 6) is 1.71. The first-order valence-electron chi connectivity index (χ1n) is 11.2. The summed E-state index contributed by atoms with van der Waals surface area (Å²) in [6.45, 7) is 8.98. The molecular formula is C28H27IrN4-. The minimum Gasteiger partial charge on any atom is -0.340 e. The van der Waals surface area contributed by atoms with Crippen LogP contribution in [0, 0.1) is 6.07 Å². The van der Waals surface area contributed by atoms with Gasteiger partial charge < -0.3 is 9.13 Å². The molecule has 33 heavy (non-hydrogen) atoms. The Morgan fingerprint density at radius 1 is 0.818 bits per heavy atom. The van der Waals surface area contributed by atoms with Crippen molar-refractivity contribution < 1.29 is 20.1 Å². The van der Waals surface area contributed by atoms with E-state index in [9.17, 15) is 0 Å². The number of nitrogens with zero attached hydrogens (tertiary/aromatic N) is 4. The smallest absolute Gasteiger partial charge is 0.0881 e. The summed E-state index contributed by atoms with van der Waals surface area (Å²) in [4.78, 5) is 9.34. The van der Waals surface area contributed by atoms with Crippen molar-refractivity contribution in [2.24, 2.45) is 0 Å². The normalized spacial score (nSPS) is 11.3. The Morgan fingerprint density at radius 3 is 2.18 bits per heavy atom. The first-order chi connectivity index (χ1) is 15.5. The SMILES string of the molecule is CC(C)c1cccc(C(C)C)c1-n1ccnc1-c1[c-]cc2ncn(-c3ccccc3)c2c1.[Ir]. The predicted octanol–water partition coefficient (Wildman–Crippen LogP) is 6.92. The van der Waals surface area contributed by atoms with Crippen LogP contribution in [0.3, 0.4) is 0 Å². The van der Waals surface area contributed by atoms with Gasteiger partial charge in [-0.2, -0.15) is 0 Å². The van der Waals surface area contributed by atoms with Gasteiger partial charge in [0, 0.05) is 49.4 Å². The first-order valence-corrected chi connectivity index (χ1v) is 11.2. The van der Waals surface area contributed by atoms with Gasteiger partial charge in [0.1, 0.15) is 0 Å². The summed E-state index contributed by atoms with van der Waals surface area (Å²) in [5, 5.41) is 0. The van der Waals surface area contributed by atoms with Crippen LogP contribution in [-0.2, 0) is 20.1 Å². The van der Waals surface area contributed by atoms with Crippen LogP contribution in [-0.4, -0.2) is 19.1 Å². The second-order valence-electron chi connectivity index (χ2n) is 8.78. The molecule has 0 unspecified atom stereocenters. The second-order valence-corrected chi connectivity index (χ2v) is 8.78. The monoisotopic (exact) mass is 612 g/mol. The molecule has 0 bridgehead atoms. The molecule has 2 heterocycles. The summed E-state index contributed by atoms with van der Waals surface area (Å²) in [6, 6.07) is 24.4. The third-order valence-electron chi connectivity index (χ3n) is 5.98. The van der Waals surface area contributed by atoms with E-state index in [2.05, 4.69) is 90.5 Å². The van der Waals surface area contributed by atoms with E-state index >= 15 is 0 Å². The van der Waals surface area contributed by atoms with E-state index in [4.69, 9.17) is 4.98 Å². The third-order valence-corrected chi connectivity index (χ3v) is 5.98. The maximum atomic E-state index is 4.76. The quantitative estimate of drug-likeness (QED) is 0.202. The van der Waals surface area contributed by atoms with Gasteiger partial charge in [0.15, 0.2) is 0 Å². The summed E-state index contributed by atoms with van der Waals surface area (Å²) >= 11 is 0. The van der Waals surface area contributed by atoms with E-state index in [1.165, 1.54) is 16.8 Å². The average molecular weight is 612 g/mol. The van der Waals surface area contributed by atoms with Crippen molar-refractivity contribution >= 4 is 11.0 Å². The molecule has 4 nitrogen and oxygen atoms in total. The molecule has 0 fully saturated rings.